The lowest BCUT2D eigenvalue weighted by molar-refractivity contribution is 0.0522. The van der Waals surface area contributed by atoms with Gasteiger partial charge in [0.05, 0.1) is 36.6 Å². The Kier molecular flexibility index (Phi) is 8.18. The number of nitrogens with zero attached hydrogens (tertiary/aromatic N) is 3. The molecule has 0 spiro atoms. The number of halogens is 2. The van der Waals surface area contributed by atoms with Crippen LogP contribution in [0.25, 0.3) is 22.2 Å². The van der Waals surface area contributed by atoms with Gasteiger partial charge in [-0.1, -0.05) is 29.3 Å². The van der Waals surface area contributed by atoms with Crippen molar-refractivity contribution >= 4 is 45.9 Å². The summed E-state index contributed by atoms with van der Waals surface area (Å²) in [6.45, 7) is 5.42. The predicted molar refractivity (Wildman–Crippen MR) is 142 cm³/mol. The van der Waals surface area contributed by atoms with Gasteiger partial charge in [-0.05, 0) is 44.2 Å². The van der Waals surface area contributed by atoms with Crippen LogP contribution in [0.1, 0.15) is 24.2 Å². The van der Waals surface area contributed by atoms with E-state index in [4.69, 9.17) is 37.4 Å². The molecule has 0 atom stereocenters. The third-order valence-corrected chi connectivity index (χ3v) is 6.14. The van der Waals surface area contributed by atoms with E-state index in [9.17, 15) is 4.79 Å². The lowest BCUT2D eigenvalue weighted by Gasteiger charge is -2.13. The molecule has 0 radical (unpaired) electrons. The van der Waals surface area contributed by atoms with E-state index in [0.717, 1.165) is 16.5 Å². The number of nitrogens with one attached hydrogen (secondary N) is 1. The largest absolute Gasteiger partial charge is 0.496 e. The number of anilines is 1. The summed E-state index contributed by atoms with van der Waals surface area (Å²) in [6.07, 6.45) is 1.48. The molecule has 188 valence electrons. The lowest BCUT2D eigenvalue weighted by Crippen LogP contribution is -2.12. The van der Waals surface area contributed by atoms with Crippen LogP contribution >= 0.6 is 23.2 Å². The van der Waals surface area contributed by atoms with Gasteiger partial charge >= 0.3 is 5.97 Å². The van der Waals surface area contributed by atoms with Gasteiger partial charge in [-0.2, -0.15) is 0 Å². The van der Waals surface area contributed by atoms with Gasteiger partial charge in [0.25, 0.3) is 0 Å². The van der Waals surface area contributed by atoms with E-state index in [0.29, 0.717) is 58.4 Å². The van der Waals surface area contributed by atoms with E-state index in [2.05, 4.69) is 15.3 Å². The second kappa shape index (κ2) is 11.5. The van der Waals surface area contributed by atoms with Gasteiger partial charge in [-0.15, -0.1) is 0 Å². The smallest absolute Gasteiger partial charge is 0.341 e. The number of hydrogen-bond donors (Lipinski definition) is 1. The van der Waals surface area contributed by atoms with Crippen LogP contribution in [0.4, 0.5) is 5.82 Å². The molecule has 10 heteroatoms. The van der Waals surface area contributed by atoms with E-state index in [-0.39, 0.29) is 6.61 Å². The molecule has 36 heavy (non-hydrogen) atoms. The Balaban J connectivity index is 1.52. The first kappa shape index (κ1) is 25.6. The van der Waals surface area contributed by atoms with Crippen molar-refractivity contribution in [3.05, 3.63) is 64.5 Å². The van der Waals surface area contributed by atoms with E-state index < -0.39 is 5.97 Å². The Bertz CT molecular complexity index is 1390. The van der Waals surface area contributed by atoms with Crippen LogP contribution in [-0.2, 0) is 11.3 Å². The van der Waals surface area contributed by atoms with Gasteiger partial charge in [0.15, 0.2) is 0 Å². The molecule has 2 aromatic heterocycles. The molecule has 0 unspecified atom stereocenters. The summed E-state index contributed by atoms with van der Waals surface area (Å²) < 4.78 is 18.2. The Morgan fingerprint density at radius 2 is 1.86 bits per heavy atom. The molecule has 4 aromatic rings. The zero-order chi connectivity index (χ0) is 25.7. The van der Waals surface area contributed by atoms with Gasteiger partial charge in [0.2, 0.25) is 0 Å². The molecule has 4 rings (SSSR count). The summed E-state index contributed by atoms with van der Waals surface area (Å²) in [5, 5.41) is 5.32. The van der Waals surface area contributed by atoms with Crippen molar-refractivity contribution in [1.82, 2.24) is 14.5 Å². The first-order valence-corrected chi connectivity index (χ1v) is 12.2. The maximum Gasteiger partial charge on any atom is 0.341 e. The van der Waals surface area contributed by atoms with Crippen molar-refractivity contribution in [3.8, 4) is 22.8 Å². The minimum absolute atomic E-state index is 0.289. The molecule has 2 heterocycles. The molecule has 1 N–H and O–H groups in total. The molecular formula is C26H26Cl2N4O4. The molecule has 0 fully saturated rings. The summed E-state index contributed by atoms with van der Waals surface area (Å²) >= 11 is 13.0. The number of carbonyl (C=O) groups excluding carboxylic acids is 1. The Labute approximate surface area is 219 Å². The van der Waals surface area contributed by atoms with Gasteiger partial charge in [-0.25, -0.2) is 14.8 Å². The van der Waals surface area contributed by atoms with Crippen LogP contribution in [0, 0.1) is 0 Å². The number of fused-ring (bicyclic) bond motifs is 1. The number of ether oxygens (including phenoxy) is 3. The highest BCUT2D eigenvalue weighted by atomic mass is 35.5. The molecule has 0 aliphatic heterocycles. The van der Waals surface area contributed by atoms with Crippen LogP contribution in [0.3, 0.4) is 0 Å². The normalized spacial score (nSPS) is 10.9. The molecule has 0 aliphatic rings. The minimum Gasteiger partial charge on any atom is -0.496 e. The summed E-state index contributed by atoms with van der Waals surface area (Å²) in [5.74, 6) is 1.38. The van der Waals surface area contributed by atoms with Crippen LogP contribution in [0.5, 0.6) is 11.5 Å². The molecule has 2 aromatic carbocycles. The van der Waals surface area contributed by atoms with Gasteiger partial charge in [-0.3, -0.25) is 0 Å². The highest BCUT2D eigenvalue weighted by Gasteiger charge is 2.16. The fourth-order valence-corrected chi connectivity index (χ4v) is 4.46. The van der Waals surface area contributed by atoms with Crippen LogP contribution < -0.4 is 14.8 Å². The molecular weight excluding hydrogens is 503 g/mol. The fourth-order valence-electron chi connectivity index (χ4n) is 3.92. The number of hydrogen-bond acceptors (Lipinski definition) is 7. The number of rotatable bonds is 10. The Morgan fingerprint density at radius 3 is 2.61 bits per heavy atom. The summed E-state index contributed by atoms with van der Waals surface area (Å²) in [5.41, 5.74) is 2.66. The average molecular weight is 529 g/mol. The van der Waals surface area contributed by atoms with E-state index in [1.54, 1.807) is 32.2 Å². The quantitative estimate of drug-likeness (QED) is 0.248. The number of esters is 1. The van der Waals surface area contributed by atoms with E-state index in [1.165, 1.54) is 6.33 Å². The first-order chi connectivity index (χ1) is 17.5. The summed E-state index contributed by atoms with van der Waals surface area (Å²) in [7, 11) is 1.61. The molecule has 8 nitrogen and oxygen atoms in total. The third-order valence-electron chi connectivity index (χ3n) is 5.52. The standard InChI is InChI=1S/C26H26Cl2N4O4/c1-4-35-22-12-16(6-7-17(22)26(33)36-5-2)20-14-24(31-15-30-20)29-10-11-32-23(28)13-18-21(34-3)9-8-19(27)25(18)32/h6-9,12-15H,4-5,10-11H2,1-3H3,(H,29,30,31). The molecule has 0 saturated carbocycles. The average Bonchev–Trinajstić information content (AvgIpc) is 3.21. The number of carbonyl (C=O) groups is 1. The summed E-state index contributed by atoms with van der Waals surface area (Å²) in [6, 6.07) is 12.6. The fraction of sp³-hybridized carbons (Fsp3) is 0.269. The molecule has 0 aliphatic carbocycles. The van der Waals surface area contributed by atoms with E-state index >= 15 is 0 Å². The van der Waals surface area contributed by atoms with Crippen molar-refractivity contribution in [3.63, 3.8) is 0 Å². The van der Waals surface area contributed by atoms with Crippen LogP contribution in [0.15, 0.2) is 48.8 Å². The Hall–Kier alpha value is -3.49. The monoisotopic (exact) mass is 528 g/mol. The second-order valence-corrected chi connectivity index (χ2v) is 8.50. The topological polar surface area (TPSA) is 87.5 Å². The third kappa shape index (κ3) is 5.34. The van der Waals surface area contributed by atoms with Crippen molar-refractivity contribution in [2.45, 2.75) is 20.4 Å². The Morgan fingerprint density at radius 1 is 1.03 bits per heavy atom. The number of methoxy groups -OCH3 is 1. The van der Waals surface area contributed by atoms with Crippen molar-refractivity contribution in [2.75, 3.05) is 32.2 Å². The zero-order valence-electron chi connectivity index (χ0n) is 20.2. The number of aromatic nitrogens is 3. The highest BCUT2D eigenvalue weighted by Crippen LogP contribution is 2.36. The molecule has 0 amide bonds. The van der Waals surface area contributed by atoms with E-state index in [1.807, 2.05) is 35.8 Å². The second-order valence-electron chi connectivity index (χ2n) is 7.71. The maximum absolute atomic E-state index is 12.3. The SMILES string of the molecule is CCOC(=O)c1ccc(-c2cc(NCCn3c(Cl)cc4c(OC)ccc(Cl)c43)ncn2)cc1OCC. The van der Waals surface area contributed by atoms with Gasteiger partial charge in [0, 0.05) is 30.1 Å². The van der Waals surface area contributed by atoms with Crippen molar-refractivity contribution < 1.29 is 19.0 Å². The number of benzene rings is 2. The van der Waals surface area contributed by atoms with Crippen LogP contribution in [-0.4, -0.2) is 47.4 Å². The summed E-state index contributed by atoms with van der Waals surface area (Å²) in [4.78, 5) is 21.0. The van der Waals surface area contributed by atoms with Gasteiger partial charge in [0.1, 0.15) is 34.4 Å². The first-order valence-electron chi connectivity index (χ1n) is 11.5. The van der Waals surface area contributed by atoms with Crippen LogP contribution in [0.2, 0.25) is 10.2 Å². The van der Waals surface area contributed by atoms with Crippen molar-refractivity contribution in [1.29, 1.82) is 0 Å². The zero-order valence-corrected chi connectivity index (χ0v) is 21.7. The predicted octanol–water partition coefficient (Wildman–Crippen LogP) is 6.10. The minimum atomic E-state index is -0.425. The highest BCUT2D eigenvalue weighted by molar-refractivity contribution is 6.37. The maximum atomic E-state index is 12.3. The lowest BCUT2D eigenvalue weighted by atomic mass is 10.1. The van der Waals surface area contributed by atoms with Crippen molar-refractivity contribution in [2.24, 2.45) is 0 Å². The molecule has 0 bridgehead atoms. The van der Waals surface area contributed by atoms with Gasteiger partial charge < -0.3 is 24.1 Å². The molecule has 0 saturated heterocycles.